The molecule has 1 saturated carbocycles. The third kappa shape index (κ3) is 2.02. The van der Waals surface area contributed by atoms with E-state index in [0.717, 1.165) is 17.2 Å². The molecule has 0 amide bonds. The zero-order valence-electron chi connectivity index (χ0n) is 7.84. The molecule has 76 valence electrons. The van der Waals surface area contributed by atoms with Gasteiger partial charge in [0.05, 0.1) is 5.03 Å². The highest BCUT2D eigenvalue weighted by Crippen LogP contribution is 2.65. The first-order valence-electron chi connectivity index (χ1n) is 4.45. The molecular weight excluding hydrogens is 237 g/mol. The first-order valence-corrected chi connectivity index (χ1v) is 6.19. The second kappa shape index (κ2) is 3.58. The van der Waals surface area contributed by atoms with Gasteiger partial charge < -0.3 is 0 Å². The number of hydrogen-bond acceptors (Lipinski definition) is 2. The van der Waals surface area contributed by atoms with Crippen molar-refractivity contribution in [3.05, 3.63) is 24.4 Å². The van der Waals surface area contributed by atoms with E-state index in [1.54, 1.807) is 18.0 Å². The maximum Gasteiger partial charge on any atom is 0.125 e. The Hall–Kier alpha value is 0.0800. The summed E-state index contributed by atoms with van der Waals surface area (Å²) in [5.41, 5.74) is 0.0539. The van der Waals surface area contributed by atoms with Gasteiger partial charge in [-0.25, -0.2) is 4.98 Å². The van der Waals surface area contributed by atoms with E-state index in [4.69, 9.17) is 23.2 Å². The fourth-order valence-corrected chi connectivity index (χ4v) is 3.28. The van der Waals surface area contributed by atoms with Gasteiger partial charge in [-0.3, -0.25) is 0 Å². The Morgan fingerprint density at radius 3 is 2.71 bits per heavy atom. The van der Waals surface area contributed by atoms with Crippen molar-refractivity contribution in [3.63, 3.8) is 0 Å². The van der Waals surface area contributed by atoms with Gasteiger partial charge in [-0.2, -0.15) is 0 Å². The van der Waals surface area contributed by atoms with E-state index in [9.17, 15) is 0 Å². The second-order valence-electron chi connectivity index (χ2n) is 3.90. The highest BCUT2D eigenvalue weighted by molar-refractivity contribution is 7.99. The normalized spacial score (nSPS) is 28.8. The summed E-state index contributed by atoms with van der Waals surface area (Å²) in [6.45, 7) is 2.11. The molecule has 1 heterocycles. The number of pyridine rings is 1. The summed E-state index contributed by atoms with van der Waals surface area (Å²) in [6.07, 6.45) is 2.68. The largest absolute Gasteiger partial charge is 0.250 e. The standard InChI is InChI=1S/C10H11Cl2NS/c1-9(6-10(9,11)12)7-14-8-4-2-3-5-13-8/h2-5H,6-7H2,1H3. The van der Waals surface area contributed by atoms with Gasteiger partial charge in [-0.05, 0) is 18.6 Å². The zero-order chi connectivity index (χ0) is 10.2. The summed E-state index contributed by atoms with van der Waals surface area (Å²) < 4.78 is -0.519. The van der Waals surface area contributed by atoms with Crippen molar-refractivity contribution in [2.24, 2.45) is 5.41 Å². The molecule has 0 bridgehead atoms. The number of thioether (sulfide) groups is 1. The number of hydrogen-bond donors (Lipinski definition) is 0. The van der Waals surface area contributed by atoms with Gasteiger partial charge in [0.1, 0.15) is 4.33 Å². The van der Waals surface area contributed by atoms with Crippen LogP contribution in [0.4, 0.5) is 0 Å². The van der Waals surface area contributed by atoms with Crippen LogP contribution in [0.25, 0.3) is 0 Å². The van der Waals surface area contributed by atoms with Crippen LogP contribution in [0, 0.1) is 5.41 Å². The third-order valence-electron chi connectivity index (χ3n) is 2.55. The van der Waals surface area contributed by atoms with Crippen LogP contribution in [-0.2, 0) is 0 Å². The monoisotopic (exact) mass is 247 g/mol. The van der Waals surface area contributed by atoms with Crippen LogP contribution >= 0.6 is 35.0 Å². The number of aromatic nitrogens is 1. The molecule has 0 aromatic carbocycles. The fraction of sp³-hybridized carbons (Fsp3) is 0.500. The fourth-order valence-electron chi connectivity index (χ4n) is 1.27. The highest BCUT2D eigenvalue weighted by Gasteiger charge is 2.62. The predicted molar refractivity (Wildman–Crippen MR) is 62.1 cm³/mol. The Bertz CT molecular complexity index is 328. The smallest absolute Gasteiger partial charge is 0.125 e. The number of alkyl halides is 2. The Labute approximate surface area is 98.2 Å². The summed E-state index contributed by atoms with van der Waals surface area (Å²) in [5.74, 6) is 0.928. The van der Waals surface area contributed by atoms with Crippen molar-refractivity contribution < 1.29 is 0 Å². The van der Waals surface area contributed by atoms with E-state index >= 15 is 0 Å². The number of rotatable bonds is 3. The minimum atomic E-state index is -0.519. The van der Waals surface area contributed by atoms with Crippen molar-refractivity contribution in [2.75, 3.05) is 5.75 Å². The zero-order valence-corrected chi connectivity index (χ0v) is 10.2. The Morgan fingerprint density at radius 2 is 2.21 bits per heavy atom. The summed E-state index contributed by atoms with van der Waals surface area (Å²) in [4.78, 5) is 4.23. The molecule has 0 N–H and O–H groups in total. The van der Waals surface area contributed by atoms with Crippen LogP contribution in [0.2, 0.25) is 0 Å². The topological polar surface area (TPSA) is 12.9 Å². The summed E-state index contributed by atoms with van der Waals surface area (Å²) >= 11 is 13.8. The van der Waals surface area contributed by atoms with Crippen LogP contribution in [0.1, 0.15) is 13.3 Å². The van der Waals surface area contributed by atoms with Crippen LogP contribution in [0.5, 0.6) is 0 Å². The highest BCUT2D eigenvalue weighted by atomic mass is 35.5. The molecule has 1 aromatic heterocycles. The van der Waals surface area contributed by atoms with Crippen molar-refractivity contribution >= 4 is 35.0 Å². The van der Waals surface area contributed by atoms with E-state index in [1.807, 2.05) is 18.2 Å². The molecular formula is C10H11Cl2NS. The van der Waals surface area contributed by atoms with Crippen LogP contribution < -0.4 is 0 Å². The maximum absolute atomic E-state index is 6.05. The summed E-state index contributed by atoms with van der Waals surface area (Å²) in [7, 11) is 0. The first-order chi connectivity index (χ1) is 6.54. The molecule has 14 heavy (non-hydrogen) atoms. The minimum absolute atomic E-state index is 0.0539. The molecule has 4 heteroatoms. The Morgan fingerprint density at radius 1 is 1.50 bits per heavy atom. The van der Waals surface area contributed by atoms with E-state index < -0.39 is 4.33 Å². The van der Waals surface area contributed by atoms with Gasteiger partial charge in [0, 0.05) is 17.4 Å². The Balaban J connectivity index is 1.91. The summed E-state index contributed by atoms with van der Waals surface area (Å²) in [5, 5.41) is 1.03. The molecule has 1 aliphatic carbocycles. The van der Waals surface area contributed by atoms with Gasteiger partial charge in [-0.1, -0.05) is 13.0 Å². The number of halogens is 2. The van der Waals surface area contributed by atoms with Gasteiger partial charge in [0.25, 0.3) is 0 Å². The predicted octanol–water partition coefficient (Wildman–Crippen LogP) is 3.76. The molecule has 1 fully saturated rings. The lowest BCUT2D eigenvalue weighted by Gasteiger charge is -2.10. The van der Waals surface area contributed by atoms with E-state index in [1.165, 1.54) is 0 Å². The third-order valence-corrected chi connectivity index (χ3v) is 5.05. The Kier molecular flexibility index (Phi) is 2.71. The molecule has 0 spiro atoms. The second-order valence-corrected chi connectivity index (χ2v) is 6.38. The van der Waals surface area contributed by atoms with Crippen molar-refractivity contribution in [1.29, 1.82) is 0 Å². The molecule has 1 aliphatic rings. The van der Waals surface area contributed by atoms with Gasteiger partial charge in [0.2, 0.25) is 0 Å². The van der Waals surface area contributed by atoms with E-state index in [2.05, 4.69) is 11.9 Å². The van der Waals surface area contributed by atoms with Crippen molar-refractivity contribution in [1.82, 2.24) is 4.98 Å². The quantitative estimate of drug-likeness (QED) is 0.596. The lowest BCUT2D eigenvalue weighted by atomic mass is 10.2. The molecule has 2 rings (SSSR count). The van der Waals surface area contributed by atoms with Gasteiger partial charge in [0.15, 0.2) is 0 Å². The molecule has 1 aromatic rings. The molecule has 1 unspecified atom stereocenters. The number of nitrogens with zero attached hydrogens (tertiary/aromatic N) is 1. The van der Waals surface area contributed by atoms with Crippen molar-refractivity contribution in [3.8, 4) is 0 Å². The molecule has 0 radical (unpaired) electrons. The average Bonchev–Trinajstić information content (AvgIpc) is 2.65. The van der Waals surface area contributed by atoms with Gasteiger partial charge in [-0.15, -0.1) is 35.0 Å². The summed E-state index contributed by atoms with van der Waals surface area (Å²) in [6, 6.07) is 5.90. The van der Waals surface area contributed by atoms with Crippen molar-refractivity contribution in [2.45, 2.75) is 22.7 Å². The lowest BCUT2D eigenvalue weighted by molar-refractivity contribution is 0.654. The average molecular weight is 248 g/mol. The minimum Gasteiger partial charge on any atom is -0.250 e. The van der Waals surface area contributed by atoms with Crippen LogP contribution in [-0.4, -0.2) is 15.1 Å². The maximum atomic E-state index is 6.05. The van der Waals surface area contributed by atoms with Crippen LogP contribution in [0.3, 0.4) is 0 Å². The van der Waals surface area contributed by atoms with E-state index in [-0.39, 0.29) is 5.41 Å². The van der Waals surface area contributed by atoms with Gasteiger partial charge >= 0.3 is 0 Å². The first kappa shape index (κ1) is 10.6. The SMILES string of the molecule is CC1(CSc2ccccn2)CC1(Cl)Cl. The van der Waals surface area contributed by atoms with Crippen LogP contribution in [0.15, 0.2) is 29.4 Å². The molecule has 0 aliphatic heterocycles. The molecule has 0 saturated heterocycles. The van der Waals surface area contributed by atoms with E-state index in [0.29, 0.717) is 0 Å². The molecule has 1 nitrogen and oxygen atoms in total. The molecule has 1 atom stereocenters. The lowest BCUT2D eigenvalue weighted by Crippen LogP contribution is -2.07.